The van der Waals surface area contributed by atoms with Gasteiger partial charge in [-0.3, -0.25) is 19.2 Å². The van der Waals surface area contributed by atoms with Crippen LogP contribution in [0.2, 0.25) is 18.1 Å². The van der Waals surface area contributed by atoms with E-state index in [0.717, 1.165) is 45.1 Å². The molecular weight excluding hydrogens is 671 g/mol. The van der Waals surface area contributed by atoms with Crippen LogP contribution >= 0.6 is 23.2 Å². The molecule has 2 unspecified atom stereocenters. The Kier molecular flexibility index (Phi) is 29.9. The molecule has 1 N–H and O–H groups in total. The number of allylic oxidation sites excluding steroid dienone is 2. The number of alkyl halides is 2. The maximum Gasteiger partial charge on any atom is 0.303 e. The molecular formula is C37H68Cl2O8Si. The van der Waals surface area contributed by atoms with Gasteiger partial charge in [-0.2, -0.15) is 0 Å². The Labute approximate surface area is 303 Å². The van der Waals surface area contributed by atoms with Gasteiger partial charge in [0.05, 0.1) is 5.34 Å². The average molecular weight is 740 g/mol. The molecule has 0 saturated heterocycles. The molecule has 0 aliphatic heterocycles. The van der Waals surface area contributed by atoms with E-state index in [1.54, 1.807) is 0 Å². The number of rotatable bonds is 20. The molecule has 0 spiro atoms. The Bertz CT molecular complexity index is 988. The summed E-state index contributed by atoms with van der Waals surface area (Å²) in [5, 5.41) is 9.37. The molecule has 0 saturated carbocycles. The molecule has 0 amide bonds. The lowest BCUT2D eigenvalue weighted by molar-refractivity contribution is -0.152. The van der Waals surface area contributed by atoms with E-state index in [0.29, 0.717) is 24.7 Å². The number of hydrogen-bond donors (Lipinski definition) is 1. The summed E-state index contributed by atoms with van der Waals surface area (Å²) in [5.74, 6) is -0.203. The smallest absolute Gasteiger partial charge is 0.303 e. The quantitative estimate of drug-likeness (QED) is 0.0568. The lowest BCUT2D eigenvalue weighted by Gasteiger charge is -2.37. The Morgan fingerprint density at radius 1 is 0.729 bits per heavy atom. The van der Waals surface area contributed by atoms with Crippen molar-refractivity contribution in [1.82, 2.24) is 0 Å². The number of aliphatic hydroxyl groups excluding tert-OH is 1. The van der Waals surface area contributed by atoms with Crippen LogP contribution in [0.15, 0.2) is 23.3 Å². The maximum atomic E-state index is 11.5. The van der Waals surface area contributed by atoms with E-state index in [4.69, 9.17) is 42.2 Å². The third-order valence-corrected chi connectivity index (χ3v) is 12.8. The van der Waals surface area contributed by atoms with Crippen LogP contribution < -0.4 is 0 Å². The zero-order valence-electron chi connectivity index (χ0n) is 32.3. The molecule has 4 atom stereocenters. The Morgan fingerprint density at radius 3 is 1.38 bits per heavy atom. The van der Waals surface area contributed by atoms with Crippen LogP contribution in [0, 0.1) is 11.8 Å². The van der Waals surface area contributed by atoms with Crippen LogP contribution in [0.4, 0.5) is 0 Å². The van der Waals surface area contributed by atoms with E-state index < -0.39 is 32.5 Å². The summed E-state index contributed by atoms with van der Waals surface area (Å²) in [4.78, 5) is 44.7. The Hall–Kier alpha value is -1.52. The molecule has 0 bridgehead atoms. The number of Topliss-reactive ketones (excluding diaryl/α,β-unsaturated/α-hetero) is 2. The van der Waals surface area contributed by atoms with E-state index >= 15 is 0 Å². The van der Waals surface area contributed by atoms with Gasteiger partial charge in [-0.05, 0) is 96.2 Å². The van der Waals surface area contributed by atoms with Crippen molar-refractivity contribution in [2.24, 2.45) is 11.8 Å². The van der Waals surface area contributed by atoms with Crippen molar-refractivity contribution in [3.8, 4) is 0 Å². The first-order chi connectivity index (χ1) is 22.0. The number of carbonyl (C=O) groups is 4. The zero-order valence-corrected chi connectivity index (χ0v) is 34.8. The fourth-order valence-electron chi connectivity index (χ4n) is 4.02. The lowest BCUT2D eigenvalue weighted by atomic mass is 10.0. The minimum absolute atomic E-state index is 0.111. The van der Waals surface area contributed by atoms with Gasteiger partial charge >= 0.3 is 11.9 Å². The standard InChI is InChI=1S/C21H40O4Si.C15H26O4.CH2Cl2/c1-16(13-14-20(18(3)22)25-19(4)23)11-10-12-17(2)15-24-26(8,9)21(5,6)7;1-11(6-5-7-12(2)10-16)8-9-15(13(3)17)19-14(4)18;2-1-3/h13,17,20H,10-12,14-15H2,1-9H3;8,12,15-16H,5-7,9-10H2,1-4H3;1H2/b16-13-;11-8-;/t17-,20?;12-,15?;/m00./s1. The van der Waals surface area contributed by atoms with Crippen molar-refractivity contribution in [2.75, 3.05) is 18.6 Å². The molecule has 282 valence electrons. The van der Waals surface area contributed by atoms with Crippen molar-refractivity contribution < 1.29 is 38.2 Å². The van der Waals surface area contributed by atoms with Gasteiger partial charge < -0.3 is 19.0 Å². The first kappa shape index (κ1) is 50.9. The van der Waals surface area contributed by atoms with Crippen molar-refractivity contribution in [3.05, 3.63) is 23.3 Å². The molecule has 0 aliphatic carbocycles. The molecule has 0 aromatic rings. The average Bonchev–Trinajstić information content (AvgIpc) is 2.95. The highest BCUT2D eigenvalue weighted by Gasteiger charge is 2.37. The van der Waals surface area contributed by atoms with Gasteiger partial charge in [-0.15, -0.1) is 23.2 Å². The van der Waals surface area contributed by atoms with Crippen LogP contribution in [0.3, 0.4) is 0 Å². The number of hydrogen-bond acceptors (Lipinski definition) is 8. The number of halogens is 2. The number of esters is 2. The number of aliphatic hydroxyl groups is 1. The highest BCUT2D eigenvalue weighted by atomic mass is 35.5. The second-order valence-electron chi connectivity index (χ2n) is 14.3. The SMILES string of the molecule is CC(=O)OC(C/C=C(/C)CCC[C@H](C)CO)C(C)=O.CC(=O)OC(C/C=C(/C)CCC[C@H](C)CO[Si](C)(C)C(C)(C)C)C(C)=O.ClCCl. The summed E-state index contributed by atoms with van der Waals surface area (Å²) < 4.78 is 16.3. The summed E-state index contributed by atoms with van der Waals surface area (Å²) in [5.41, 5.74) is 2.42. The van der Waals surface area contributed by atoms with Gasteiger partial charge in [0.1, 0.15) is 0 Å². The molecule has 0 rings (SSSR count). The summed E-state index contributed by atoms with van der Waals surface area (Å²) >= 11 is 9.53. The predicted octanol–water partition coefficient (Wildman–Crippen LogP) is 9.74. The number of ether oxygens (including phenoxy) is 2. The fraction of sp³-hybridized carbons (Fsp3) is 0.784. The predicted molar refractivity (Wildman–Crippen MR) is 202 cm³/mol. The molecule has 48 heavy (non-hydrogen) atoms. The van der Waals surface area contributed by atoms with E-state index in [1.165, 1.54) is 38.8 Å². The van der Waals surface area contributed by atoms with Crippen LogP contribution in [0.1, 0.15) is 128 Å². The largest absolute Gasteiger partial charge is 0.454 e. The van der Waals surface area contributed by atoms with Crippen LogP contribution in [-0.4, -0.2) is 67.7 Å². The molecule has 11 heteroatoms. The maximum absolute atomic E-state index is 11.5. The Balaban J connectivity index is -0.000000811. The summed E-state index contributed by atoms with van der Waals surface area (Å²) in [7, 11) is -1.66. The van der Waals surface area contributed by atoms with Gasteiger partial charge in [0.25, 0.3) is 0 Å². The second kappa shape index (κ2) is 28.2. The molecule has 0 aliphatic rings. The topological polar surface area (TPSA) is 116 Å². The fourth-order valence-corrected chi connectivity index (χ4v) is 5.15. The first-order valence-corrected chi connectivity index (χ1v) is 21.0. The van der Waals surface area contributed by atoms with E-state index in [1.807, 2.05) is 26.0 Å². The highest BCUT2D eigenvalue weighted by Crippen LogP contribution is 2.37. The monoisotopic (exact) mass is 738 g/mol. The van der Waals surface area contributed by atoms with E-state index in [2.05, 4.69) is 47.7 Å². The first-order valence-electron chi connectivity index (χ1n) is 17.1. The minimum atomic E-state index is -1.66. The van der Waals surface area contributed by atoms with Gasteiger partial charge in [-0.1, -0.05) is 57.9 Å². The highest BCUT2D eigenvalue weighted by molar-refractivity contribution is 6.74. The van der Waals surface area contributed by atoms with Gasteiger partial charge in [0.15, 0.2) is 32.1 Å². The van der Waals surface area contributed by atoms with Crippen molar-refractivity contribution in [3.63, 3.8) is 0 Å². The number of carbonyl (C=O) groups excluding carboxylic acids is 4. The van der Waals surface area contributed by atoms with Gasteiger partial charge in [-0.25, -0.2) is 0 Å². The summed E-state index contributed by atoms with van der Waals surface area (Å²) in [6.45, 7) is 26.3. The molecule has 0 fully saturated rings. The van der Waals surface area contributed by atoms with E-state index in [-0.39, 0.29) is 28.6 Å². The van der Waals surface area contributed by atoms with Gasteiger partial charge in [0, 0.05) is 39.9 Å². The molecule has 8 nitrogen and oxygen atoms in total. The van der Waals surface area contributed by atoms with Crippen LogP contribution in [-0.2, 0) is 33.1 Å². The third kappa shape index (κ3) is 29.4. The van der Waals surface area contributed by atoms with Crippen LogP contribution in [0.5, 0.6) is 0 Å². The zero-order chi connectivity index (χ0) is 38.1. The second-order valence-corrected chi connectivity index (χ2v) is 20.0. The van der Waals surface area contributed by atoms with Gasteiger partial charge in [0.2, 0.25) is 0 Å². The Morgan fingerprint density at radius 2 is 1.08 bits per heavy atom. The normalized spacial score (nSPS) is 14.7. The van der Waals surface area contributed by atoms with Crippen molar-refractivity contribution in [2.45, 2.75) is 158 Å². The molecule has 0 radical (unpaired) electrons. The molecule has 0 heterocycles. The minimum Gasteiger partial charge on any atom is -0.454 e. The lowest BCUT2D eigenvalue weighted by Crippen LogP contribution is -2.41. The van der Waals surface area contributed by atoms with Crippen LogP contribution in [0.25, 0.3) is 0 Å². The third-order valence-electron chi connectivity index (χ3n) is 8.27. The molecule has 0 aromatic heterocycles. The summed E-state index contributed by atoms with van der Waals surface area (Å²) in [6, 6.07) is 0. The van der Waals surface area contributed by atoms with Crippen molar-refractivity contribution in [1.29, 1.82) is 0 Å². The molecule has 0 aromatic carbocycles. The van der Waals surface area contributed by atoms with Crippen molar-refractivity contribution >= 4 is 55.0 Å². The summed E-state index contributed by atoms with van der Waals surface area (Å²) in [6.07, 6.45) is 9.73. The van der Waals surface area contributed by atoms with E-state index in [9.17, 15) is 19.2 Å². The number of ketones is 2.